The number of anilines is 1. The maximum atomic E-state index is 11.8. The summed E-state index contributed by atoms with van der Waals surface area (Å²) in [6.07, 6.45) is 0.489. The van der Waals surface area contributed by atoms with Crippen molar-refractivity contribution >= 4 is 17.8 Å². The van der Waals surface area contributed by atoms with Gasteiger partial charge in [0.2, 0.25) is 0 Å². The minimum atomic E-state index is -0.453. The molecule has 2 amide bonds. The van der Waals surface area contributed by atoms with E-state index in [1.54, 1.807) is 38.2 Å². The highest BCUT2D eigenvalue weighted by Crippen LogP contribution is 2.33. The zero-order valence-corrected chi connectivity index (χ0v) is 12.9. The van der Waals surface area contributed by atoms with Gasteiger partial charge >= 0.3 is 6.09 Å². The van der Waals surface area contributed by atoms with E-state index in [4.69, 9.17) is 4.74 Å². The summed E-state index contributed by atoms with van der Waals surface area (Å²) in [5, 5.41) is 8.12. The quantitative estimate of drug-likeness (QED) is 0.777. The van der Waals surface area contributed by atoms with Gasteiger partial charge in [0, 0.05) is 34.1 Å². The number of hydrogen-bond donors (Lipinski definition) is 0. The second kappa shape index (κ2) is 5.11. The zero-order chi connectivity index (χ0) is 15.9. The fourth-order valence-electron chi connectivity index (χ4n) is 2.88. The molecule has 0 N–H and O–H groups in total. The van der Waals surface area contributed by atoms with Crippen LogP contribution >= 0.6 is 0 Å². The summed E-state index contributed by atoms with van der Waals surface area (Å²) in [6.45, 7) is 1.93. The van der Waals surface area contributed by atoms with Gasteiger partial charge in [-0.25, -0.2) is 4.79 Å². The van der Waals surface area contributed by atoms with Gasteiger partial charge < -0.3 is 19.4 Å². The molecular weight excluding hydrogens is 286 g/mol. The van der Waals surface area contributed by atoms with Crippen LogP contribution in [0.25, 0.3) is 0 Å². The number of amides is 2. The summed E-state index contributed by atoms with van der Waals surface area (Å²) in [6, 6.07) is 3.45. The molecule has 1 spiro atoms. The van der Waals surface area contributed by atoms with E-state index >= 15 is 0 Å². The molecule has 2 aliphatic heterocycles. The van der Waals surface area contributed by atoms with Crippen LogP contribution in [0, 0.1) is 0 Å². The predicted octanol–water partition coefficient (Wildman–Crippen LogP) is 0.209. The van der Waals surface area contributed by atoms with Crippen molar-refractivity contribution in [3.63, 3.8) is 0 Å². The minimum Gasteiger partial charge on any atom is -0.439 e. The molecule has 1 aromatic heterocycles. The van der Waals surface area contributed by atoms with Crippen LogP contribution in [-0.4, -0.2) is 78.4 Å². The molecule has 1 unspecified atom stereocenters. The lowest BCUT2D eigenvalue weighted by Gasteiger charge is -2.22. The Bertz CT molecular complexity index is 603. The Morgan fingerprint density at radius 2 is 2.09 bits per heavy atom. The SMILES string of the molecule is CN(C)C(=O)c1ccc(N2CCC3(CN(C)C(=O)O3)C2)nn1. The van der Waals surface area contributed by atoms with E-state index in [0.29, 0.717) is 24.6 Å². The molecule has 1 atom stereocenters. The third-order valence-electron chi connectivity index (χ3n) is 4.06. The molecule has 0 saturated carbocycles. The molecule has 0 aliphatic carbocycles. The number of carbonyl (C=O) groups is 2. The Labute approximate surface area is 128 Å². The van der Waals surface area contributed by atoms with Gasteiger partial charge in [-0.3, -0.25) is 4.79 Å². The maximum absolute atomic E-state index is 11.8. The van der Waals surface area contributed by atoms with E-state index < -0.39 is 5.60 Å². The summed E-state index contributed by atoms with van der Waals surface area (Å²) in [7, 11) is 5.08. The topological polar surface area (TPSA) is 78.9 Å². The molecule has 22 heavy (non-hydrogen) atoms. The van der Waals surface area contributed by atoms with E-state index in [1.165, 1.54) is 4.90 Å². The lowest BCUT2D eigenvalue weighted by atomic mass is 10.0. The first kappa shape index (κ1) is 14.6. The molecule has 3 rings (SSSR count). The molecule has 0 aromatic carbocycles. The molecular formula is C14H19N5O3. The average molecular weight is 305 g/mol. The highest BCUT2D eigenvalue weighted by molar-refractivity contribution is 5.91. The molecule has 0 bridgehead atoms. The van der Waals surface area contributed by atoms with Crippen LogP contribution in [0.1, 0.15) is 16.9 Å². The van der Waals surface area contributed by atoms with E-state index in [-0.39, 0.29) is 12.0 Å². The van der Waals surface area contributed by atoms with Crippen molar-refractivity contribution in [3.05, 3.63) is 17.8 Å². The van der Waals surface area contributed by atoms with Crippen LogP contribution in [0.2, 0.25) is 0 Å². The van der Waals surface area contributed by atoms with Crippen LogP contribution < -0.4 is 4.90 Å². The Morgan fingerprint density at radius 3 is 2.64 bits per heavy atom. The monoisotopic (exact) mass is 305 g/mol. The molecule has 2 saturated heterocycles. The van der Waals surface area contributed by atoms with E-state index in [9.17, 15) is 9.59 Å². The maximum Gasteiger partial charge on any atom is 0.410 e. The van der Waals surface area contributed by atoms with Crippen molar-refractivity contribution in [2.75, 3.05) is 45.7 Å². The van der Waals surface area contributed by atoms with Gasteiger partial charge in [-0.2, -0.15) is 0 Å². The summed E-state index contributed by atoms with van der Waals surface area (Å²) in [5.74, 6) is 0.515. The summed E-state index contributed by atoms with van der Waals surface area (Å²) >= 11 is 0. The molecule has 0 radical (unpaired) electrons. The Morgan fingerprint density at radius 1 is 1.32 bits per heavy atom. The van der Waals surface area contributed by atoms with Crippen molar-refractivity contribution in [2.24, 2.45) is 0 Å². The number of carbonyl (C=O) groups excluding carboxylic acids is 2. The second-order valence-electron chi connectivity index (χ2n) is 6.05. The number of likely N-dealkylation sites (N-methyl/N-ethyl adjacent to an activating group) is 1. The molecule has 2 fully saturated rings. The third kappa shape index (κ3) is 2.44. The lowest BCUT2D eigenvalue weighted by Crippen LogP contribution is -2.37. The fourth-order valence-corrected chi connectivity index (χ4v) is 2.88. The summed E-state index contributed by atoms with van der Waals surface area (Å²) in [5.41, 5.74) is -0.138. The number of rotatable bonds is 2. The molecule has 1 aromatic rings. The van der Waals surface area contributed by atoms with Crippen LogP contribution in [0.5, 0.6) is 0 Å². The number of aromatic nitrogens is 2. The Kier molecular flexibility index (Phi) is 3.38. The van der Waals surface area contributed by atoms with Crippen molar-refractivity contribution in [1.82, 2.24) is 20.0 Å². The van der Waals surface area contributed by atoms with Crippen molar-refractivity contribution in [3.8, 4) is 0 Å². The summed E-state index contributed by atoms with van der Waals surface area (Å²) in [4.78, 5) is 28.5. The van der Waals surface area contributed by atoms with Gasteiger partial charge in [0.15, 0.2) is 17.1 Å². The standard InChI is InChI=1S/C14H19N5O3/c1-17(2)12(20)10-4-5-11(16-15-10)19-7-6-14(9-19)8-18(3)13(21)22-14/h4-5H,6-9H2,1-3H3. The van der Waals surface area contributed by atoms with Crippen molar-refractivity contribution in [1.29, 1.82) is 0 Å². The Balaban J connectivity index is 1.71. The predicted molar refractivity (Wildman–Crippen MR) is 78.7 cm³/mol. The lowest BCUT2D eigenvalue weighted by molar-refractivity contribution is 0.0740. The van der Waals surface area contributed by atoms with E-state index in [2.05, 4.69) is 10.2 Å². The number of hydrogen-bond acceptors (Lipinski definition) is 6. The minimum absolute atomic E-state index is 0.178. The largest absolute Gasteiger partial charge is 0.439 e. The van der Waals surface area contributed by atoms with Gasteiger partial charge in [-0.1, -0.05) is 0 Å². The van der Waals surface area contributed by atoms with Gasteiger partial charge in [-0.05, 0) is 12.1 Å². The molecule has 8 heteroatoms. The van der Waals surface area contributed by atoms with E-state index in [1.807, 2.05) is 4.90 Å². The average Bonchev–Trinajstić information content (AvgIpc) is 3.02. The first-order chi connectivity index (χ1) is 10.4. The molecule has 2 aliphatic rings. The van der Waals surface area contributed by atoms with Crippen LogP contribution in [0.4, 0.5) is 10.6 Å². The first-order valence-electron chi connectivity index (χ1n) is 7.15. The van der Waals surface area contributed by atoms with Crippen LogP contribution in [0.15, 0.2) is 12.1 Å². The highest BCUT2D eigenvalue weighted by atomic mass is 16.6. The Hall–Kier alpha value is -2.38. The third-order valence-corrected chi connectivity index (χ3v) is 4.06. The second-order valence-corrected chi connectivity index (χ2v) is 6.05. The highest BCUT2D eigenvalue weighted by Gasteiger charge is 2.48. The number of ether oxygens (including phenoxy) is 1. The summed E-state index contributed by atoms with van der Waals surface area (Å²) < 4.78 is 5.50. The van der Waals surface area contributed by atoms with E-state index in [0.717, 1.165) is 13.0 Å². The smallest absolute Gasteiger partial charge is 0.410 e. The normalized spacial score (nSPS) is 24.0. The number of nitrogens with zero attached hydrogens (tertiary/aromatic N) is 5. The van der Waals surface area contributed by atoms with Gasteiger partial charge in [-0.15, -0.1) is 10.2 Å². The molecule has 3 heterocycles. The molecule has 8 nitrogen and oxygen atoms in total. The first-order valence-corrected chi connectivity index (χ1v) is 7.15. The zero-order valence-electron chi connectivity index (χ0n) is 12.9. The van der Waals surface area contributed by atoms with Crippen LogP contribution in [-0.2, 0) is 4.74 Å². The van der Waals surface area contributed by atoms with Crippen molar-refractivity contribution < 1.29 is 14.3 Å². The molecule has 118 valence electrons. The van der Waals surface area contributed by atoms with Crippen molar-refractivity contribution in [2.45, 2.75) is 12.0 Å². The van der Waals surface area contributed by atoms with Gasteiger partial charge in [0.25, 0.3) is 5.91 Å². The van der Waals surface area contributed by atoms with Crippen LogP contribution in [0.3, 0.4) is 0 Å². The fraction of sp³-hybridized carbons (Fsp3) is 0.571. The van der Waals surface area contributed by atoms with Gasteiger partial charge in [0.05, 0.1) is 13.1 Å². The van der Waals surface area contributed by atoms with Gasteiger partial charge in [0.1, 0.15) is 0 Å².